The molecule has 7 nitrogen and oxygen atoms in total. The third-order valence-corrected chi connectivity index (χ3v) is 6.60. The van der Waals surface area contributed by atoms with Gasteiger partial charge >= 0.3 is 5.97 Å². The SMILES string of the molecule is COC(=O)[C@H]1C(=O)C2=C(C[C@H]1C)Nc1ccccc1N[C@@H]2c1cc(Br)c(OC)c(OC)c1. The van der Waals surface area contributed by atoms with Crippen LogP contribution in [0.25, 0.3) is 0 Å². The molecule has 2 N–H and O–H groups in total. The molecule has 32 heavy (non-hydrogen) atoms. The highest BCUT2D eigenvalue weighted by atomic mass is 79.9. The Kier molecular flexibility index (Phi) is 6.15. The van der Waals surface area contributed by atoms with Crippen molar-refractivity contribution in [3.8, 4) is 11.5 Å². The van der Waals surface area contributed by atoms with Gasteiger partial charge in [-0.1, -0.05) is 19.1 Å². The van der Waals surface area contributed by atoms with Gasteiger partial charge in [-0.3, -0.25) is 9.59 Å². The normalized spacial score (nSPS) is 22.0. The fourth-order valence-corrected chi connectivity index (χ4v) is 5.11. The van der Waals surface area contributed by atoms with E-state index in [1.165, 1.54) is 7.11 Å². The number of anilines is 2. The summed E-state index contributed by atoms with van der Waals surface area (Å²) in [7, 11) is 4.45. The first kappa shape index (κ1) is 22.2. The Morgan fingerprint density at radius 3 is 2.47 bits per heavy atom. The van der Waals surface area contributed by atoms with Crippen molar-refractivity contribution in [1.29, 1.82) is 0 Å². The molecular formula is C24H25BrN2O5. The van der Waals surface area contributed by atoms with Crippen molar-refractivity contribution in [3.63, 3.8) is 0 Å². The minimum absolute atomic E-state index is 0.191. The zero-order valence-corrected chi connectivity index (χ0v) is 19.9. The summed E-state index contributed by atoms with van der Waals surface area (Å²) in [6, 6.07) is 11.0. The number of esters is 1. The van der Waals surface area contributed by atoms with Gasteiger partial charge in [0.1, 0.15) is 5.92 Å². The lowest BCUT2D eigenvalue weighted by atomic mass is 9.75. The highest BCUT2D eigenvalue weighted by Crippen LogP contribution is 2.46. The van der Waals surface area contributed by atoms with Crippen LogP contribution >= 0.6 is 15.9 Å². The van der Waals surface area contributed by atoms with Crippen LogP contribution in [0, 0.1) is 11.8 Å². The van der Waals surface area contributed by atoms with Gasteiger partial charge < -0.3 is 24.8 Å². The summed E-state index contributed by atoms with van der Waals surface area (Å²) in [5.74, 6) is -0.697. The highest BCUT2D eigenvalue weighted by Gasteiger charge is 2.44. The maximum atomic E-state index is 13.7. The van der Waals surface area contributed by atoms with Crippen LogP contribution in [0.2, 0.25) is 0 Å². The molecule has 4 rings (SSSR count). The second-order valence-electron chi connectivity index (χ2n) is 7.92. The van der Waals surface area contributed by atoms with E-state index in [1.54, 1.807) is 14.2 Å². The first-order valence-electron chi connectivity index (χ1n) is 10.3. The van der Waals surface area contributed by atoms with Gasteiger partial charge in [0.05, 0.1) is 43.2 Å². The number of methoxy groups -OCH3 is 3. The average molecular weight is 501 g/mol. The molecular weight excluding hydrogens is 476 g/mol. The van der Waals surface area contributed by atoms with E-state index >= 15 is 0 Å². The number of carbonyl (C=O) groups excluding carboxylic acids is 2. The second kappa shape index (κ2) is 8.86. The van der Waals surface area contributed by atoms with Crippen molar-refractivity contribution < 1.29 is 23.8 Å². The summed E-state index contributed by atoms with van der Waals surface area (Å²) in [6.45, 7) is 1.90. The van der Waals surface area contributed by atoms with E-state index in [1.807, 2.05) is 43.3 Å². The van der Waals surface area contributed by atoms with Gasteiger partial charge in [0.15, 0.2) is 17.3 Å². The molecule has 0 bridgehead atoms. The Morgan fingerprint density at radius 1 is 1.09 bits per heavy atom. The summed E-state index contributed by atoms with van der Waals surface area (Å²) in [5.41, 5.74) is 3.85. The number of para-hydroxylation sites is 2. The molecule has 0 spiro atoms. The average Bonchev–Trinajstić information content (AvgIpc) is 2.94. The third kappa shape index (κ3) is 3.72. The van der Waals surface area contributed by atoms with Crippen LogP contribution in [-0.2, 0) is 14.3 Å². The molecule has 8 heteroatoms. The number of allylic oxidation sites excluding steroid dienone is 1. The van der Waals surface area contributed by atoms with Crippen LogP contribution in [0.5, 0.6) is 11.5 Å². The number of halogens is 1. The largest absolute Gasteiger partial charge is 0.493 e. The van der Waals surface area contributed by atoms with Crippen LogP contribution < -0.4 is 20.1 Å². The second-order valence-corrected chi connectivity index (χ2v) is 8.78. The predicted molar refractivity (Wildman–Crippen MR) is 125 cm³/mol. The van der Waals surface area contributed by atoms with Crippen LogP contribution in [0.3, 0.4) is 0 Å². The number of hydrogen-bond acceptors (Lipinski definition) is 7. The number of carbonyl (C=O) groups is 2. The lowest BCUT2D eigenvalue weighted by Crippen LogP contribution is -2.39. The lowest BCUT2D eigenvalue weighted by molar-refractivity contribution is -0.151. The summed E-state index contributed by atoms with van der Waals surface area (Å²) in [4.78, 5) is 26.2. The molecule has 0 saturated carbocycles. The molecule has 0 aromatic heterocycles. The zero-order valence-electron chi connectivity index (χ0n) is 18.3. The molecule has 3 atom stereocenters. The third-order valence-electron chi connectivity index (χ3n) is 6.01. The number of ether oxygens (including phenoxy) is 3. The molecule has 168 valence electrons. The van der Waals surface area contributed by atoms with Crippen molar-refractivity contribution in [2.45, 2.75) is 19.4 Å². The Labute approximate surface area is 195 Å². The summed E-state index contributed by atoms with van der Waals surface area (Å²) >= 11 is 3.55. The van der Waals surface area contributed by atoms with E-state index in [2.05, 4.69) is 26.6 Å². The quantitative estimate of drug-likeness (QED) is 0.464. The Bertz CT molecular complexity index is 1110. The predicted octanol–water partition coefficient (Wildman–Crippen LogP) is 4.70. The van der Waals surface area contributed by atoms with Gasteiger partial charge in [-0.15, -0.1) is 0 Å². The van der Waals surface area contributed by atoms with E-state index in [4.69, 9.17) is 14.2 Å². The summed E-state index contributed by atoms with van der Waals surface area (Å²) < 4.78 is 16.6. The molecule has 0 fully saturated rings. The number of ketones is 1. The number of benzene rings is 2. The molecule has 0 unspecified atom stereocenters. The van der Waals surface area contributed by atoms with E-state index < -0.39 is 17.9 Å². The molecule has 0 radical (unpaired) electrons. The standard InChI is InChI=1S/C24H25BrN2O5/c1-12-9-17-20(22(28)19(12)24(29)32-4)21(27-16-8-6-5-7-15(16)26-17)13-10-14(25)23(31-3)18(11-13)30-2/h5-8,10-12,19,21,26-27H,9H2,1-4H3/t12-,19-,21-/m1/s1. The topological polar surface area (TPSA) is 85.9 Å². The molecule has 1 aliphatic heterocycles. The van der Waals surface area contributed by atoms with Gasteiger partial charge in [0, 0.05) is 11.3 Å². The van der Waals surface area contributed by atoms with Gasteiger partial charge in [-0.05, 0) is 58.1 Å². The molecule has 0 amide bonds. The summed E-state index contributed by atoms with van der Waals surface area (Å²) in [5, 5.41) is 6.94. The van der Waals surface area contributed by atoms with Crippen molar-refractivity contribution >= 4 is 39.1 Å². The van der Waals surface area contributed by atoms with Crippen LogP contribution in [0.4, 0.5) is 11.4 Å². The maximum absolute atomic E-state index is 13.7. The molecule has 2 aliphatic rings. The summed E-state index contributed by atoms with van der Waals surface area (Å²) in [6.07, 6.45) is 0.543. The van der Waals surface area contributed by atoms with E-state index in [0.29, 0.717) is 28.0 Å². The fourth-order valence-electron chi connectivity index (χ4n) is 4.49. The van der Waals surface area contributed by atoms with Crippen LogP contribution in [0.15, 0.2) is 52.1 Å². The Hall–Kier alpha value is -3.00. The Balaban J connectivity index is 1.91. The van der Waals surface area contributed by atoms with Crippen LogP contribution in [0.1, 0.15) is 24.9 Å². The number of hydrogen-bond donors (Lipinski definition) is 2. The number of fused-ring (bicyclic) bond motifs is 1. The van der Waals surface area contributed by atoms with Crippen molar-refractivity contribution in [1.82, 2.24) is 0 Å². The van der Waals surface area contributed by atoms with Crippen molar-refractivity contribution in [2.24, 2.45) is 11.8 Å². The van der Waals surface area contributed by atoms with E-state index in [-0.39, 0.29) is 11.7 Å². The molecule has 1 heterocycles. The first-order valence-corrected chi connectivity index (χ1v) is 11.1. The minimum Gasteiger partial charge on any atom is -0.493 e. The fraction of sp³-hybridized carbons (Fsp3) is 0.333. The van der Waals surface area contributed by atoms with Crippen molar-refractivity contribution in [3.05, 3.63) is 57.7 Å². The van der Waals surface area contributed by atoms with Crippen LogP contribution in [-0.4, -0.2) is 33.1 Å². The zero-order chi connectivity index (χ0) is 23.0. The molecule has 0 saturated heterocycles. The lowest BCUT2D eigenvalue weighted by Gasteiger charge is -2.32. The molecule has 1 aliphatic carbocycles. The number of rotatable bonds is 4. The van der Waals surface area contributed by atoms with Gasteiger partial charge in [0.25, 0.3) is 0 Å². The molecule has 2 aromatic carbocycles. The van der Waals surface area contributed by atoms with Gasteiger partial charge in [-0.2, -0.15) is 0 Å². The highest BCUT2D eigenvalue weighted by molar-refractivity contribution is 9.10. The Morgan fingerprint density at radius 2 is 1.81 bits per heavy atom. The maximum Gasteiger partial charge on any atom is 0.316 e. The smallest absolute Gasteiger partial charge is 0.316 e. The monoisotopic (exact) mass is 500 g/mol. The van der Waals surface area contributed by atoms with E-state index in [0.717, 1.165) is 22.6 Å². The minimum atomic E-state index is -0.852. The van der Waals surface area contributed by atoms with Crippen molar-refractivity contribution in [2.75, 3.05) is 32.0 Å². The van der Waals surface area contributed by atoms with Gasteiger partial charge in [0.2, 0.25) is 0 Å². The van der Waals surface area contributed by atoms with Gasteiger partial charge in [-0.25, -0.2) is 0 Å². The van der Waals surface area contributed by atoms with E-state index in [9.17, 15) is 9.59 Å². The molecule has 2 aromatic rings. The number of Topliss-reactive ketones (excluding diaryl/α,β-unsaturated/α-hetero) is 1. The first-order chi connectivity index (χ1) is 15.4. The number of nitrogens with one attached hydrogen (secondary N) is 2.